The number of carbonyl (C=O) groups excluding carboxylic acids is 1. The van der Waals surface area contributed by atoms with Crippen LogP contribution in [0, 0.1) is 0 Å². The number of benzene rings is 1. The van der Waals surface area contributed by atoms with Gasteiger partial charge in [0.25, 0.3) is 0 Å². The topological polar surface area (TPSA) is 109 Å². The number of carboxylic acid groups (broad SMARTS) is 1. The van der Waals surface area contributed by atoms with Crippen LogP contribution in [0.25, 0.3) is 21.8 Å². The second-order valence-electron chi connectivity index (χ2n) is 4.17. The van der Waals surface area contributed by atoms with E-state index in [0.717, 1.165) is 10.9 Å². The Kier molecular flexibility index (Phi) is 2.25. The first kappa shape index (κ1) is 11.2. The lowest BCUT2D eigenvalue weighted by atomic mass is 10.1. The highest BCUT2D eigenvalue weighted by Crippen LogP contribution is 2.26. The molecule has 0 fully saturated rings. The number of aromatic nitrogens is 2. The van der Waals surface area contributed by atoms with Crippen LogP contribution >= 0.6 is 0 Å². The number of hydrogen-bond acceptors (Lipinski definition) is 3. The van der Waals surface area contributed by atoms with Crippen molar-refractivity contribution in [1.29, 1.82) is 0 Å². The summed E-state index contributed by atoms with van der Waals surface area (Å²) in [6.07, 6.45) is 1.46. The van der Waals surface area contributed by atoms with Gasteiger partial charge in [0.2, 0.25) is 5.91 Å². The van der Waals surface area contributed by atoms with Crippen LogP contribution < -0.4 is 5.73 Å². The van der Waals surface area contributed by atoms with Gasteiger partial charge in [-0.15, -0.1) is 0 Å². The average molecular weight is 255 g/mol. The number of nitrogens with one attached hydrogen (secondary N) is 1. The van der Waals surface area contributed by atoms with Crippen molar-refractivity contribution in [1.82, 2.24) is 9.97 Å². The molecule has 0 spiro atoms. The molecule has 0 bridgehead atoms. The van der Waals surface area contributed by atoms with E-state index < -0.39 is 11.9 Å². The third-order valence-corrected chi connectivity index (χ3v) is 2.99. The van der Waals surface area contributed by atoms with E-state index in [1.165, 1.54) is 12.3 Å². The highest BCUT2D eigenvalue weighted by Gasteiger charge is 2.11. The van der Waals surface area contributed by atoms with Crippen molar-refractivity contribution in [3.63, 3.8) is 0 Å². The maximum absolute atomic E-state index is 11.2. The second kappa shape index (κ2) is 3.81. The fourth-order valence-corrected chi connectivity index (χ4v) is 2.07. The molecule has 0 aliphatic rings. The van der Waals surface area contributed by atoms with E-state index in [-0.39, 0.29) is 5.69 Å². The summed E-state index contributed by atoms with van der Waals surface area (Å²) < 4.78 is 0. The van der Waals surface area contributed by atoms with Gasteiger partial charge in [0.05, 0.1) is 11.7 Å². The van der Waals surface area contributed by atoms with Gasteiger partial charge in [-0.1, -0.05) is 0 Å². The van der Waals surface area contributed by atoms with Crippen LogP contribution in [0.4, 0.5) is 0 Å². The lowest BCUT2D eigenvalue weighted by Gasteiger charge is -1.97. The number of carbonyl (C=O) groups is 2. The minimum absolute atomic E-state index is 0.0436. The maximum atomic E-state index is 11.2. The predicted octanol–water partition coefficient (Wildman–Crippen LogP) is 1.51. The number of aromatic carboxylic acids is 1. The molecule has 1 amide bonds. The number of primary amides is 1. The lowest BCUT2D eigenvalue weighted by molar-refractivity contribution is 0.0690. The van der Waals surface area contributed by atoms with E-state index in [4.69, 9.17) is 10.8 Å². The Morgan fingerprint density at radius 3 is 2.58 bits per heavy atom. The van der Waals surface area contributed by atoms with E-state index in [1.807, 2.05) is 0 Å². The molecule has 6 heteroatoms. The van der Waals surface area contributed by atoms with Crippen molar-refractivity contribution >= 4 is 33.7 Å². The molecular formula is C13H9N3O3. The summed E-state index contributed by atoms with van der Waals surface area (Å²) in [6.45, 7) is 0. The molecule has 0 unspecified atom stereocenters. The number of amides is 1. The van der Waals surface area contributed by atoms with Gasteiger partial charge in [0.1, 0.15) is 5.69 Å². The zero-order valence-electron chi connectivity index (χ0n) is 9.68. The summed E-state index contributed by atoms with van der Waals surface area (Å²) in [4.78, 5) is 29.1. The molecule has 0 aliphatic carbocycles. The number of nitrogens with zero attached hydrogens (tertiary/aromatic N) is 1. The Morgan fingerprint density at radius 1 is 1.16 bits per heavy atom. The number of H-pyrrole nitrogens is 1. The molecule has 0 atom stereocenters. The summed E-state index contributed by atoms with van der Waals surface area (Å²) in [5, 5.41) is 10.4. The van der Waals surface area contributed by atoms with E-state index in [1.54, 1.807) is 18.2 Å². The summed E-state index contributed by atoms with van der Waals surface area (Å²) in [6, 6.07) is 6.46. The molecule has 0 saturated heterocycles. The number of nitrogens with two attached hydrogens (primary N) is 1. The highest BCUT2D eigenvalue weighted by molar-refractivity contribution is 6.10. The minimum atomic E-state index is -1.10. The van der Waals surface area contributed by atoms with Gasteiger partial charge in [-0.05, 0) is 24.3 Å². The van der Waals surface area contributed by atoms with Crippen LogP contribution in [0.15, 0.2) is 30.5 Å². The maximum Gasteiger partial charge on any atom is 0.354 e. The molecule has 0 radical (unpaired) electrons. The third-order valence-electron chi connectivity index (χ3n) is 2.99. The van der Waals surface area contributed by atoms with Gasteiger partial charge >= 0.3 is 5.97 Å². The van der Waals surface area contributed by atoms with Crippen LogP contribution in [0.1, 0.15) is 20.8 Å². The Balaban J connectivity index is 2.37. The quantitative estimate of drug-likeness (QED) is 0.644. The molecule has 3 rings (SSSR count). The number of pyridine rings is 1. The standard InChI is InChI=1S/C13H9N3O3/c14-12(17)6-1-2-9-7(3-6)8-4-10(13(18)19)15-5-11(8)16-9/h1-5,16H,(H2,14,17)(H,18,19). The van der Waals surface area contributed by atoms with Gasteiger partial charge in [0.15, 0.2) is 0 Å². The monoisotopic (exact) mass is 255 g/mol. The molecule has 94 valence electrons. The Labute approximate surface area is 106 Å². The average Bonchev–Trinajstić information content (AvgIpc) is 2.75. The van der Waals surface area contributed by atoms with Gasteiger partial charge in [-0.25, -0.2) is 9.78 Å². The SMILES string of the molecule is NC(=O)c1ccc2[nH]c3cnc(C(=O)O)cc3c2c1. The van der Waals surface area contributed by atoms with Crippen LogP contribution in [-0.2, 0) is 0 Å². The Hall–Kier alpha value is -2.89. The van der Waals surface area contributed by atoms with Crippen molar-refractivity contribution in [2.24, 2.45) is 5.73 Å². The number of rotatable bonds is 2. The van der Waals surface area contributed by atoms with Crippen LogP contribution in [0.2, 0.25) is 0 Å². The highest BCUT2D eigenvalue weighted by atomic mass is 16.4. The van der Waals surface area contributed by atoms with Crippen molar-refractivity contribution in [3.05, 3.63) is 41.7 Å². The van der Waals surface area contributed by atoms with E-state index in [2.05, 4.69) is 9.97 Å². The van der Waals surface area contributed by atoms with Crippen molar-refractivity contribution in [2.75, 3.05) is 0 Å². The number of fused-ring (bicyclic) bond motifs is 3. The molecule has 6 nitrogen and oxygen atoms in total. The fourth-order valence-electron chi connectivity index (χ4n) is 2.07. The number of hydrogen-bond donors (Lipinski definition) is 3. The molecule has 0 saturated carbocycles. The molecule has 1 aromatic carbocycles. The van der Waals surface area contributed by atoms with Crippen LogP contribution in [0.5, 0.6) is 0 Å². The summed E-state index contributed by atoms with van der Waals surface area (Å²) >= 11 is 0. The van der Waals surface area contributed by atoms with Gasteiger partial charge in [0, 0.05) is 21.9 Å². The summed E-state index contributed by atoms with van der Waals surface area (Å²) in [5.41, 5.74) is 7.08. The first-order valence-electron chi connectivity index (χ1n) is 5.51. The largest absolute Gasteiger partial charge is 0.477 e. The van der Waals surface area contributed by atoms with Gasteiger partial charge in [-0.2, -0.15) is 0 Å². The van der Waals surface area contributed by atoms with E-state index in [0.29, 0.717) is 16.5 Å². The molecule has 3 aromatic rings. The molecule has 2 heterocycles. The second-order valence-corrected chi connectivity index (χ2v) is 4.17. The van der Waals surface area contributed by atoms with E-state index >= 15 is 0 Å². The molecule has 4 N–H and O–H groups in total. The van der Waals surface area contributed by atoms with Crippen molar-refractivity contribution in [2.45, 2.75) is 0 Å². The van der Waals surface area contributed by atoms with Crippen LogP contribution in [0.3, 0.4) is 0 Å². The minimum Gasteiger partial charge on any atom is -0.477 e. The summed E-state index contributed by atoms with van der Waals surface area (Å²) in [5.74, 6) is -1.62. The normalized spacial score (nSPS) is 10.9. The zero-order valence-corrected chi connectivity index (χ0v) is 9.68. The Bertz CT molecular complexity index is 767. The summed E-state index contributed by atoms with van der Waals surface area (Å²) in [7, 11) is 0. The zero-order chi connectivity index (χ0) is 13.6. The van der Waals surface area contributed by atoms with Gasteiger partial charge < -0.3 is 15.8 Å². The fraction of sp³-hybridized carbons (Fsp3) is 0. The molecule has 19 heavy (non-hydrogen) atoms. The lowest BCUT2D eigenvalue weighted by Crippen LogP contribution is -2.10. The first-order valence-corrected chi connectivity index (χ1v) is 5.51. The van der Waals surface area contributed by atoms with E-state index in [9.17, 15) is 9.59 Å². The van der Waals surface area contributed by atoms with Crippen molar-refractivity contribution in [3.8, 4) is 0 Å². The number of aromatic amines is 1. The smallest absolute Gasteiger partial charge is 0.354 e. The number of carboxylic acids is 1. The predicted molar refractivity (Wildman–Crippen MR) is 69.1 cm³/mol. The molecular weight excluding hydrogens is 246 g/mol. The third kappa shape index (κ3) is 1.70. The Morgan fingerprint density at radius 2 is 1.89 bits per heavy atom. The van der Waals surface area contributed by atoms with Crippen LogP contribution in [-0.4, -0.2) is 27.0 Å². The molecule has 0 aliphatic heterocycles. The first-order chi connectivity index (χ1) is 9.06. The van der Waals surface area contributed by atoms with Gasteiger partial charge in [-0.3, -0.25) is 4.79 Å². The van der Waals surface area contributed by atoms with Crippen molar-refractivity contribution < 1.29 is 14.7 Å². The molecule has 2 aromatic heterocycles.